The summed E-state index contributed by atoms with van der Waals surface area (Å²) in [5.74, 6) is 0. The molecule has 36 heavy (non-hydrogen) atoms. The van der Waals surface area contributed by atoms with Crippen molar-refractivity contribution in [3.05, 3.63) is 128 Å². The van der Waals surface area contributed by atoms with Crippen molar-refractivity contribution in [1.82, 2.24) is 14.0 Å². The molecule has 3 aromatic heterocycles. The Bertz CT molecular complexity index is 2060. The highest BCUT2D eigenvalue weighted by Gasteiger charge is 2.13. The van der Waals surface area contributed by atoms with Crippen LogP contribution in [-0.2, 0) is 0 Å². The van der Waals surface area contributed by atoms with E-state index in [1.807, 2.05) is 12.4 Å². The van der Waals surface area contributed by atoms with Gasteiger partial charge in [-0.15, -0.1) is 0 Å². The van der Waals surface area contributed by atoms with Crippen molar-refractivity contribution in [3.63, 3.8) is 0 Å². The number of aromatic nitrogens is 3. The molecule has 0 aliphatic rings. The van der Waals surface area contributed by atoms with E-state index < -0.39 is 0 Å². The highest BCUT2D eigenvalue weighted by atomic mass is 15.0. The van der Waals surface area contributed by atoms with Crippen LogP contribution in [0.2, 0.25) is 0 Å². The summed E-state index contributed by atoms with van der Waals surface area (Å²) in [6.45, 7) is 0. The van der Waals surface area contributed by atoms with Crippen molar-refractivity contribution in [3.8, 4) is 16.8 Å². The van der Waals surface area contributed by atoms with E-state index in [9.17, 15) is 0 Å². The second-order valence-electron chi connectivity index (χ2n) is 9.32. The summed E-state index contributed by atoms with van der Waals surface area (Å²) in [7, 11) is 0. The Hall–Kier alpha value is -4.89. The predicted octanol–water partition coefficient (Wildman–Crippen LogP) is 8.40. The van der Waals surface area contributed by atoms with E-state index in [-0.39, 0.29) is 0 Å². The van der Waals surface area contributed by atoms with Gasteiger partial charge < -0.3 is 4.57 Å². The molecule has 0 N–H and O–H groups in total. The Morgan fingerprint density at radius 2 is 1.14 bits per heavy atom. The summed E-state index contributed by atoms with van der Waals surface area (Å²) in [5.41, 5.74) is 8.19. The van der Waals surface area contributed by atoms with Crippen LogP contribution >= 0.6 is 0 Å². The molecular formula is C33H21N3. The zero-order valence-corrected chi connectivity index (χ0v) is 19.5. The minimum absolute atomic E-state index is 0.999. The fourth-order valence-corrected chi connectivity index (χ4v) is 5.78. The summed E-state index contributed by atoms with van der Waals surface area (Å²) in [4.78, 5) is 4.63. The molecule has 0 spiro atoms. The number of hydrogen-bond donors (Lipinski definition) is 0. The van der Waals surface area contributed by atoms with Crippen LogP contribution in [0.5, 0.6) is 0 Å². The van der Waals surface area contributed by atoms with Crippen molar-refractivity contribution >= 4 is 49.1 Å². The minimum Gasteiger partial charge on any atom is -0.309 e. The lowest BCUT2D eigenvalue weighted by Crippen LogP contribution is -1.94. The number of pyridine rings is 1. The Morgan fingerprint density at radius 1 is 0.472 bits per heavy atom. The van der Waals surface area contributed by atoms with Crippen molar-refractivity contribution < 1.29 is 0 Å². The number of benzene rings is 5. The summed E-state index contributed by atoms with van der Waals surface area (Å²) in [5, 5.41) is 6.19. The molecular weight excluding hydrogens is 438 g/mol. The van der Waals surface area contributed by atoms with Crippen molar-refractivity contribution in [2.24, 2.45) is 0 Å². The standard InChI is InChI=1S/C33H21N3/c1-2-13-28-25(10-1)29-21-23(16-17-30(29)35-19-18-34-33(28)35)22-8-7-9-24(20-22)36-31-14-5-3-11-26(31)27-12-4-6-15-32(27)36/h1-21H. The van der Waals surface area contributed by atoms with Crippen LogP contribution in [0.1, 0.15) is 0 Å². The fourth-order valence-electron chi connectivity index (χ4n) is 5.78. The fraction of sp³-hybridized carbons (Fsp3) is 0. The molecule has 0 bridgehead atoms. The normalized spacial score (nSPS) is 11.9. The molecule has 0 radical (unpaired) electrons. The summed E-state index contributed by atoms with van der Waals surface area (Å²) >= 11 is 0. The lowest BCUT2D eigenvalue weighted by molar-refractivity contribution is 1.18. The van der Waals surface area contributed by atoms with Gasteiger partial charge in [0.1, 0.15) is 5.65 Å². The molecule has 0 aliphatic heterocycles. The lowest BCUT2D eigenvalue weighted by Gasteiger charge is -2.12. The van der Waals surface area contributed by atoms with Crippen LogP contribution in [0, 0.1) is 0 Å². The largest absolute Gasteiger partial charge is 0.309 e. The average molecular weight is 460 g/mol. The molecule has 0 saturated heterocycles. The molecule has 0 atom stereocenters. The Kier molecular flexibility index (Phi) is 3.94. The number of imidazole rings is 1. The maximum absolute atomic E-state index is 4.63. The Morgan fingerprint density at radius 3 is 1.92 bits per heavy atom. The van der Waals surface area contributed by atoms with Gasteiger partial charge in [-0.25, -0.2) is 4.98 Å². The van der Waals surface area contributed by atoms with E-state index in [0.717, 1.165) is 5.65 Å². The SMILES string of the molecule is c1cc(-c2ccc3c(c2)c2ccccc2c2nccn32)cc(-n2c3ccccc3c3ccccc32)c1. The number of hydrogen-bond acceptors (Lipinski definition) is 1. The van der Waals surface area contributed by atoms with Crippen LogP contribution in [0.25, 0.3) is 65.9 Å². The molecule has 0 fully saturated rings. The van der Waals surface area contributed by atoms with E-state index in [1.54, 1.807) is 0 Å². The van der Waals surface area contributed by atoms with Gasteiger partial charge in [0.05, 0.1) is 16.6 Å². The molecule has 8 aromatic rings. The number of nitrogens with zero attached hydrogens (tertiary/aromatic N) is 3. The maximum Gasteiger partial charge on any atom is 0.145 e. The molecule has 0 aliphatic carbocycles. The first-order valence-corrected chi connectivity index (χ1v) is 12.2. The van der Waals surface area contributed by atoms with Gasteiger partial charge in [-0.3, -0.25) is 4.40 Å². The Balaban J connectivity index is 1.38. The molecule has 5 aromatic carbocycles. The van der Waals surface area contributed by atoms with E-state index in [1.165, 1.54) is 60.3 Å². The average Bonchev–Trinajstić information content (AvgIpc) is 3.57. The summed E-state index contributed by atoms with van der Waals surface area (Å²) in [6, 6.07) is 41.5. The van der Waals surface area contributed by atoms with Crippen LogP contribution in [0.3, 0.4) is 0 Å². The zero-order valence-electron chi connectivity index (χ0n) is 19.5. The van der Waals surface area contributed by atoms with E-state index in [2.05, 4.69) is 129 Å². The van der Waals surface area contributed by atoms with Crippen molar-refractivity contribution in [2.45, 2.75) is 0 Å². The molecule has 0 amide bonds. The van der Waals surface area contributed by atoms with Crippen LogP contribution in [0.4, 0.5) is 0 Å². The third kappa shape index (κ3) is 2.65. The molecule has 0 unspecified atom stereocenters. The smallest absolute Gasteiger partial charge is 0.145 e. The zero-order chi connectivity index (χ0) is 23.6. The molecule has 168 valence electrons. The predicted molar refractivity (Wildman–Crippen MR) is 150 cm³/mol. The van der Waals surface area contributed by atoms with Gasteiger partial charge >= 0.3 is 0 Å². The summed E-state index contributed by atoms with van der Waals surface area (Å²) < 4.78 is 4.57. The molecule has 3 nitrogen and oxygen atoms in total. The highest BCUT2D eigenvalue weighted by Crippen LogP contribution is 2.35. The monoisotopic (exact) mass is 459 g/mol. The van der Waals surface area contributed by atoms with E-state index in [0.29, 0.717) is 0 Å². The van der Waals surface area contributed by atoms with Gasteiger partial charge in [-0.1, -0.05) is 78.9 Å². The molecule has 3 heterocycles. The molecule has 0 saturated carbocycles. The Labute approximate surface area is 207 Å². The highest BCUT2D eigenvalue weighted by molar-refractivity contribution is 6.12. The third-order valence-electron chi connectivity index (χ3n) is 7.37. The maximum atomic E-state index is 4.63. The van der Waals surface area contributed by atoms with Gasteiger partial charge in [0.15, 0.2) is 0 Å². The van der Waals surface area contributed by atoms with E-state index in [4.69, 9.17) is 0 Å². The first-order valence-electron chi connectivity index (χ1n) is 12.2. The second kappa shape index (κ2) is 7.30. The van der Waals surface area contributed by atoms with Crippen LogP contribution < -0.4 is 0 Å². The van der Waals surface area contributed by atoms with Gasteiger partial charge in [-0.2, -0.15) is 0 Å². The lowest BCUT2D eigenvalue weighted by atomic mass is 9.99. The number of fused-ring (bicyclic) bond motifs is 9. The van der Waals surface area contributed by atoms with Gasteiger partial charge in [0.25, 0.3) is 0 Å². The molecule has 3 heteroatoms. The topological polar surface area (TPSA) is 22.2 Å². The second-order valence-corrected chi connectivity index (χ2v) is 9.32. The van der Waals surface area contributed by atoms with Gasteiger partial charge in [-0.05, 0) is 52.9 Å². The van der Waals surface area contributed by atoms with Gasteiger partial charge in [0.2, 0.25) is 0 Å². The van der Waals surface area contributed by atoms with Crippen LogP contribution in [-0.4, -0.2) is 14.0 Å². The molecule has 8 rings (SSSR count). The van der Waals surface area contributed by atoms with Crippen molar-refractivity contribution in [1.29, 1.82) is 0 Å². The number of para-hydroxylation sites is 2. The first kappa shape index (κ1) is 19.4. The van der Waals surface area contributed by atoms with Crippen molar-refractivity contribution in [2.75, 3.05) is 0 Å². The first-order chi connectivity index (χ1) is 17.9. The minimum atomic E-state index is 0.999. The summed E-state index contributed by atoms with van der Waals surface area (Å²) in [6.07, 6.45) is 3.93. The quantitative estimate of drug-likeness (QED) is 0.238. The van der Waals surface area contributed by atoms with E-state index >= 15 is 0 Å². The number of rotatable bonds is 2. The van der Waals surface area contributed by atoms with Crippen LogP contribution in [0.15, 0.2) is 128 Å². The van der Waals surface area contributed by atoms with Gasteiger partial charge in [0, 0.05) is 39.6 Å². The third-order valence-corrected chi connectivity index (χ3v) is 7.37.